The van der Waals surface area contributed by atoms with Gasteiger partial charge in [-0.15, -0.1) is 0 Å². The number of carbonyl (C=O) groups is 1. The molecule has 0 saturated heterocycles. The van der Waals surface area contributed by atoms with Gasteiger partial charge in [0.1, 0.15) is 11.8 Å². The van der Waals surface area contributed by atoms with Crippen LogP contribution in [0.25, 0.3) is 16.6 Å². The van der Waals surface area contributed by atoms with E-state index in [0.29, 0.717) is 22.4 Å². The third-order valence-electron chi connectivity index (χ3n) is 5.04. The van der Waals surface area contributed by atoms with Crippen LogP contribution in [0.5, 0.6) is 0 Å². The van der Waals surface area contributed by atoms with Gasteiger partial charge in [-0.05, 0) is 55.8 Å². The van der Waals surface area contributed by atoms with Crippen LogP contribution in [0, 0.1) is 6.92 Å². The second-order valence-electron chi connectivity index (χ2n) is 7.12. The molecule has 2 aromatic heterocycles. The van der Waals surface area contributed by atoms with Crippen LogP contribution in [0.4, 0.5) is 0 Å². The second kappa shape index (κ2) is 7.87. The zero-order chi connectivity index (χ0) is 21.3. The fourth-order valence-electron chi connectivity index (χ4n) is 3.50. The monoisotopic (exact) mass is 403 g/mol. The molecule has 0 radical (unpaired) electrons. The van der Waals surface area contributed by atoms with Crippen molar-refractivity contribution in [2.45, 2.75) is 26.4 Å². The molecule has 0 saturated carbocycles. The molecule has 30 heavy (non-hydrogen) atoms. The molecule has 7 heteroatoms. The number of hydrogen-bond acceptors (Lipinski definition) is 4. The quantitative estimate of drug-likeness (QED) is 0.555. The molecule has 4 rings (SSSR count). The van der Waals surface area contributed by atoms with E-state index in [1.165, 1.54) is 10.8 Å². The van der Waals surface area contributed by atoms with E-state index in [1.54, 1.807) is 61.5 Å². The topological polar surface area (TPSA) is 86.2 Å². The Kier molecular flexibility index (Phi) is 5.10. The van der Waals surface area contributed by atoms with Gasteiger partial charge in [-0.1, -0.05) is 24.3 Å². The number of para-hydroxylation sites is 1. The zero-order valence-electron chi connectivity index (χ0n) is 16.7. The van der Waals surface area contributed by atoms with E-state index in [9.17, 15) is 14.4 Å². The van der Waals surface area contributed by atoms with Gasteiger partial charge in [0.2, 0.25) is 5.91 Å². The minimum absolute atomic E-state index is 0.209. The van der Waals surface area contributed by atoms with E-state index in [2.05, 4.69) is 5.32 Å². The Hall–Kier alpha value is -3.87. The first-order valence-corrected chi connectivity index (χ1v) is 9.61. The predicted octanol–water partition coefficient (Wildman–Crippen LogP) is 2.93. The lowest BCUT2D eigenvalue weighted by Crippen LogP contribution is -2.43. The lowest BCUT2D eigenvalue weighted by Gasteiger charge is -2.19. The first-order chi connectivity index (χ1) is 14.5. The third-order valence-corrected chi connectivity index (χ3v) is 5.04. The molecule has 2 heterocycles. The van der Waals surface area contributed by atoms with Gasteiger partial charge in [-0.3, -0.25) is 14.2 Å². The van der Waals surface area contributed by atoms with Crippen molar-refractivity contribution in [2.24, 2.45) is 0 Å². The maximum atomic E-state index is 13.4. The lowest BCUT2D eigenvalue weighted by molar-refractivity contribution is -0.124. The van der Waals surface area contributed by atoms with Gasteiger partial charge >= 0.3 is 5.69 Å². The van der Waals surface area contributed by atoms with Crippen LogP contribution in [0.3, 0.4) is 0 Å². The van der Waals surface area contributed by atoms with Gasteiger partial charge in [0.25, 0.3) is 5.56 Å². The molecule has 0 aliphatic rings. The summed E-state index contributed by atoms with van der Waals surface area (Å²) < 4.78 is 7.71. The minimum atomic E-state index is -0.839. The van der Waals surface area contributed by atoms with E-state index in [1.807, 2.05) is 13.0 Å². The van der Waals surface area contributed by atoms with Gasteiger partial charge in [0, 0.05) is 0 Å². The number of benzene rings is 2. The number of rotatable bonds is 5. The molecule has 0 fully saturated rings. The highest BCUT2D eigenvalue weighted by molar-refractivity contribution is 5.84. The average Bonchev–Trinajstić information content (AvgIpc) is 3.26. The normalized spacial score (nSPS) is 12.1. The summed E-state index contributed by atoms with van der Waals surface area (Å²) in [4.78, 5) is 39.4. The molecule has 1 N–H and O–H groups in total. The minimum Gasteiger partial charge on any atom is -0.467 e. The molecule has 2 aromatic carbocycles. The number of nitrogens with zero attached hydrogens (tertiary/aromatic N) is 2. The molecule has 0 aliphatic carbocycles. The smallest absolute Gasteiger partial charge is 0.336 e. The van der Waals surface area contributed by atoms with Crippen molar-refractivity contribution < 1.29 is 9.21 Å². The Labute approximate surface area is 172 Å². The van der Waals surface area contributed by atoms with Gasteiger partial charge in [0.15, 0.2) is 0 Å². The van der Waals surface area contributed by atoms with Gasteiger partial charge in [-0.25, -0.2) is 9.36 Å². The highest BCUT2D eigenvalue weighted by Crippen LogP contribution is 2.15. The van der Waals surface area contributed by atoms with Crippen molar-refractivity contribution in [1.29, 1.82) is 0 Å². The van der Waals surface area contributed by atoms with Crippen LogP contribution in [-0.2, 0) is 11.3 Å². The van der Waals surface area contributed by atoms with Crippen LogP contribution in [0.2, 0.25) is 0 Å². The number of hydrogen-bond donors (Lipinski definition) is 1. The molecule has 1 amide bonds. The van der Waals surface area contributed by atoms with Crippen molar-refractivity contribution in [3.63, 3.8) is 0 Å². The maximum absolute atomic E-state index is 13.4. The molecule has 7 nitrogen and oxygen atoms in total. The number of furan rings is 1. The van der Waals surface area contributed by atoms with Gasteiger partial charge < -0.3 is 9.73 Å². The van der Waals surface area contributed by atoms with Gasteiger partial charge in [0.05, 0.1) is 29.4 Å². The van der Waals surface area contributed by atoms with E-state index in [4.69, 9.17) is 4.42 Å². The van der Waals surface area contributed by atoms with Crippen molar-refractivity contribution in [1.82, 2.24) is 14.5 Å². The highest BCUT2D eigenvalue weighted by Gasteiger charge is 2.22. The summed E-state index contributed by atoms with van der Waals surface area (Å²) in [6.07, 6.45) is 1.53. The fraction of sp³-hybridized carbons (Fsp3) is 0.174. The summed E-state index contributed by atoms with van der Waals surface area (Å²) in [5.41, 5.74) is 0.818. The summed E-state index contributed by atoms with van der Waals surface area (Å²) in [6, 6.07) is 16.6. The molecule has 0 aliphatic heterocycles. The SMILES string of the molecule is Cc1cccc(-n2c(=O)c3ccccc3n(C(C)C(=O)NCc3ccco3)c2=O)c1. The molecular weight excluding hydrogens is 382 g/mol. The standard InChI is InChI=1S/C23H21N3O4/c1-15-7-5-8-17(13-15)26-22(28)19-10-3-4-11-20(19)25(23(26)29)16(2)21(27)24-14-18-9-6-12-30-18/h3-13,16H,14H2,1-2H3,(H,24,27). The average molecular weight is 403 g/mol. The highest BCUT2D eigenvalue weighted by atomic mass is 16.3. The van der Waals surface area contributed by atoms with Crippen LogP contribution in [0.15, 0.2) is 80.9 Å². The summed E-state index contributed by atoms with van der Waals surface area (Å²) in [6.45, 7) is 3.73. The van der Waals surface area contributed by atoms with Crippen molar-refractivity contribution in [3.8, 4) is 5.69 Å². The third kappa shape index (κ3) is 3.45. The first kappa shape index (κ1) is 19.4. The number of aryl methyl sites for hydroxylation is 1. The van der Waals surface area contributed by atoms with Crippen molar-refractivity contribution in [2.75, 3.05) is 0 Å². The predicted molar refractivity (Wildman–Crippen MR) is 114 cm³/mol. The van der Waals surface area contributed by atoms with E-state index >= 15 is 0 Å². The number of aromatic nitrogens is 2. The van der Waals surface area contributed by atoms with Crippen molar-refractivity contribution >= 4 is 16.8 Å². The molecule has 0 spiro atoms. The summed E-state index contributed by atoms with van der Waals surface area (Å²) in [7, 11) is 0. The maximum Gasteiger partial charge on any atom is 0.336 e. The van der Waals surface area contributed by atoms with Crippen LogP contribution in [-0.4, -0.2) is 15.0 Å². The Morgan fingerprint density at radius 1 is 1.07 bits per heavy atom. The van der Waals surface area contributed by atoms with Crippen LogP contribution < -0.4 is 16.6 Å². The molecule has 4 aromatic rings. The fourth-order valence-corrected chi connectivity index (χ4v) is 3.50. The van der Waals surface area contributed by atoms with Crippen molar-refractivity contribution in [3.05, 3.63) is 99.1 Å². The first-order valence-electron chi connectivity index (χ1n) is 9.61. The Bertz CT molecular complexity index is 1330. The molecule has 152 valence electrons. The van der Waals surface area contributed by atoms with E-state index in [0.717, 1.165) is 10.1 Å². The molecular formula is C23H21N3O4. The molecule has 1 atom stereocenters. The largest absolute Gasteiger partial charge is 0.467 e. The molecule has 0 bridgehead atoms. The Balaban J connectivity index is 1.85. The lowest BCUT2D eigenvalue weighted by atomic mass is 10.2. The van der Waals surface area contributed by atoms with E-state index in [-0.39, 0.29) is 12.5 Å². The number of amides is 1. The second-order valence-corrected chi connectivity index (χ2v) is 7.12. The van der Waals surface area contributed by atoms with Gasteiger partial charge in [-0.2, -0.15) is 0 Å². The molecule has 1 unspecified atom stereocenters. The number of carbonyl (C=O) groups excluding carboxylic acids is 1. The van der Waals surface area contributed by atoms with E-state index < -0.39 is 17.3 Å². The number of nitrogens with one attached hydrogen (secondary N) is 1. The number of fused-ring (bicyclic) bond motifs is 1. The summed E-state index contributed by atoms with van der Waals surface area (Å²) in [5, 5.41) is 3.14. The van der Waals surface area contributed by atoms with Crippen LogP contribution >= 0.6 is 0 Å². The Morgan fingerprint density at radius 2 is 1.87 bits per heavy atom. The zero-order valence-corrected chi connectivity index (χ0v) is 16.7. The Morgan fingerprint density at radius 3 is 2.60 bits per heavy atom. The summed E-state index contributed by atoms with van der Waals surface area (Å²) >= 11 is 0. The van der Waals surface area contributed by atoms with Crippen LogP contribution in [0.1, 0.15) is 24.3 Å². The summed E-state index contributed by atoms with van der Waals surface area (Å²) in [5.74, 6) is 0.255.